The Bertz CT molecular complexity index is 238. The first-order valence-corrected chi connectivity index (χ1v) is 3.31. The lowest BCUT2D eigenvalue weighted by Crippen LogP contribution is -2.32. The van der Waals surface area contributed by atoms with Crippen LogP contribution in [-0.4, -0.2) is 13.1 Å². The fourth-order valence-electron chi connectivity index (χ4n) is 1.34. The Morgan fingerprint density at radius 1 is 1.60 bits per heavy atom. The third-order valence-corrected chi connectivity index (χ3v) is 2.11. The van der Waals surface area contributed by atoms with E-state index >= 15 is 0 Å². The summed E-state index contributed by atoms with van der Waals surface area (Å²) in [5.41, 5.74) is 0.829. The summed E-state index contributed by atoms with van der Waals surface area (Å²) in [6.45, 7) is 0. The highest BCUT2D eigenvalue weighted by Crippen LogP contribution is 2.42. The van der Waals surface area contributed by atoms with E-state index in [1.54, 1.807) is 0 Å². The monoisotopic (exact) mass is 136 g/mol. The van der Waals surface area contributed by atoms with Gasteiger partial charge in [-0.3, -0.25) is 0 Å². The molecule has 2 aliphatic rings. The predicted octanol–water partition coefficient (Wildman–Crippen LogP) is 0.902. The molecular formula is C8H8O2. The van der Waals surface area contributed by atoms with Gasteiger partial charge in [0.25, 0.3) is 0 Å². The first-order chi connectivity index (χ1) is 4.83. The van der Waals surface area contributed by atoms with Gasteiger partial charge in [-0.1, -0.05) is 18.2 Å². The Labute approximate surface area is 59.2 Å². The molecule has 2 nitrogen and oxygen atoms in total. The predicted molar refractivity (Wildman–Crippen MR) is 36.2 cm³/mol. The number of hydrogen-bond acceptors (Lipinski definition) is 2. The summed E-state index contributed by atoms with van der Waals surface area (Å²) >= 11 is 0. The lowest BCUT2D eigenvalue weighted by molar-refractivity contribution is -0.137. The molecule has 2 aliphatic carbocycles. The first-order valence-electron chi connectivity index (χ1n) is 3.31. The number of rotatable bonds is 1. The van der Waals surface area contributed by atoms with Crippen LogP contribution in [0.15, 0.2) is 23.8 Å². The van der Waals surface area contributed by atoms with Gasteiger partial charge in [0.1, 0.15) is 0 Å². The van der Waals surface area contributed by atoms with Crippen LogP contribution < -0.4 is 0 Å². The van der Waals surface area contributed by atoms with Crippen molar-refractivity contribution in [2.45, 2.75) is 0 Å². The molecule has 0 spiro atoms. The summed E-state index contributed by atoms with van der Waals surface area (Å²) in [6.07, 6.45) is 6.09. The van der Waals surface area contributed by atoms with Gasteiger partial charge in [0.15, 0.2) is 0 Å². The Morgan fingerprint density at radius 3 is 2.70 bits per heavy atom. The van der Waals surface area contributed by atoms with E-state index in [2.05, 4.69) is 10.8 Å². The molecule has 0 aromatic rings. The van der Waals surface area contributed by atoms with Gasteiger partial charge in [-0.05, 0) is 0 Å². The summed E-state index contributed by atoms with van der Waals surface area (Å²) in [5.74, 6) is 0.743. The molecule has 0 aliphatic heterocycles. The Morgan fingerprint density at radius 2 is 2.40 bits per heavy atom. The number of esters is 1. The van der Waals surface area contributed by atoms with Crippen molar-refractivity contribution in [2.24, 2.45) is 11.8 Å². The van der Waals surface area contributed by atoms with E-state index in [9.17, 15) is 4.79 Å². The maximum absolute atomic E-state index is 10.9. The lowest BCUT2D eigenvalue weighted by Gasteiger charge is -2.36. The fraction of sp³-hybridized carbons (Fsp3) is 0.375. The van der Waals surface area contributed by atoms with Gasteiger partial charge in [0.2, 0.25) is 0 Å². The Hall–Kier alpha value is -1.05. The fourth-order valence-corrected chi connectivity index (χ4v) is 1.34. The van der Waals surface area contributed by atoms with Gasteiger partial charge in [-0.15, -0.1) is 0 Å². The molecule has 0 fully saturated rings. The quantitative estimate of drug-likeness (QED) is 0.395. The van der Waals surface area contributed by atoms with Crippen LogP contribution >= 0.6 is 0 Å². The van der Waals surface area contributed by atoms with Crippen molar-refractivity contribution in [1.29, 1.82) is 0 Å². The van der Waals surface area contributed by atoms with E-state index in [0.717, 1.165) is 5.57 Å². The van der Waals surface area contributed by atoms with E-state index in [-0.39, 0.29) is 5.97 Å². The summed E-state index contributed by atoms with van der Waals surface area (Å²) in [4.78, 5) is 10.9. The highest BCUT2D eigenvalue weighted by Gasteiger charge is 2.38. The molecule has 0 amide bonds. The third kappa shape index (κ3) is 0.511. The molecule has 10 heavy (non-hydrogen) atoms. The highest BCUT2D eigenvalue weighted by molar-refractivity contribution is 5.92. The molecule has 0 radical (unpaired) electrons. The first kappa shape index (κ1) is 5.71. The van der Waals surface area contributed by atoms with Gasteiger partial charge in [0, 0.05) is 17.4 Å². The van der Waals surface area contributed by atoms with Crippen LogP contribution in [0.4, 0.5) is 0 Å². The van der Waals surface area contributed by atoms with Crippen LogP contribution in [0.3, 0.4) is 0 Å². The van der Waals surface area contributed by atoms with Crippen molar-refractivity contribution in [3.63, 3.8) is 0 Å². The normalized spacial score (nSPS) is 33.1. The number of allylic oxidation sites excluding steroid dienone is 3. The molecule has 2 unspecified atom stereocenters. The highest BCUT2D eigenvalue weighted by atomic mass is 16.5. The minimum absolute atomic E-state index is 0.175. The maximum atomic E-state index is 10.9. The van der Waals surface area contributed by atoms with Crippen molar-refractivity contribution in [3.05, 3.63) is 23.8 Å². The van der Waals surface area contributed by atoms with Crippen molar-refractivity contribution < 1.29 is 9.53 Å². The van der Waals surface area contributed by atoms with Crippen molar-refractivity contribution in [2.75, 3.05) is 7.11 Å². The average Bonchev–Trinajstić information content (AvgIpc) is 1.93. The van der Waals surface area contributed by atoms with Crippen LogP contribution in [0.1, 0.15) is 0 Å². The molecule has 0 saturated carbocycles. The maximum Gasteiger partial charge on any atom is 0.334 e. The van der Waals surface area contributed by atoms with Crippen molar-refractivity contribution in [1.82, 2.24) is 0 Å². The van der Waals surface area contributed by atoms with Crippen LogP contribution in [0, 0.1) is 11.8 Å². The Balaban J connectivity index is 2.10. The molecule has 0 bridgehead atoms. The van der Waals surface area contributed by atoms with Crippen LogP contribution in [0.2, 0.25) is 0 Å². The zero-order chi connectivity index (χ0) is 7.14. The zero-order valence-corrected chi connectivity index (χ0v) is 5.70. The van der Waals surface area contributed by atoms with Gasteiger partial charge >= 0.3 is 5.97 Å². The SMILES string of the molecule is COC(=O)C1=CC2C=CC12. The molecule has 0 aromatic heterocycles. The molecule has 0 N–H and O–H groups in total. The molecule has 0 aromatic carbocycles. The second-order valence-corrected chi connectivity index (χ2v) is 2.60. The molecule has 2 atom stereocenters. The third-order valence-electron chi connectivity index (χ3n) is 2.11. The smallest absolute Gasteiger partial charge is 0.334 e. The summed E-state index contributed by atoms with van der Waals surface area (Å²) < 4.78 is 4.57. The largest absolute Gasteiger partial charge is 0.466 e. The standard InChI is InChI=1S/C8H8O2/c1-10-8(9)7-4-5-2-3-6(5)7/h2-6H,1H3. The lowest BCUT2D eigenvalue weighted by atomic mass is 9.67. The van der Waals surface area contributed by atoms with Crippen LogP contribution in [0.25, 0.3) is 0 Å². The van der Waals surface area contributed by atoms with Gasteiger partial charge in [-0.2, -0.15) is 0 Å². The number of carbonyl (C=O) groups is 1. The minimum atomic E-state index is -0.175. The van der Waals surface area contributed by atoms with Crippen LogP contribution in [-0.2, 0) is 9.53 Å². The number of ether oxygens (including phenoxy) is 1. The van der Waals surface area contributed by atoms with Crippen molar-refractivity contribution in [3.8, 4) is 0 Å². The van der Waals surface area contributed by atoms with E-state index in [1.807, 2.05) is 12.2 Å². The molecule has 2 rings (SSSR count). The number of hydrogen-bond donors (Lipinski definition) is 0. The molecule has 0 saturated heterocycles. The van der Waals surface area contributed by atoms with E-state index in [0.29, 0.717) is 11.8 Å². The summed E-state index contributed by atoms with van der Waals surface area (Å²) in [7, 11) is 1.42. The van der Waals surface area contributed by atoms with Gasteiger partial charge in [-0.25, -0.2) is 4.79 Å². The van der Waals surface area contributed by atoms with Crippen molar-refractivity contribution >= 4 is 5.97 Å². The van der Waals surface area contributed by atoms with E-state index < -0.39 is 0 Å². The molecule has 52 valence electrons. The van der Waals surface area contributed by atoms with Gasteiger partial charge in [0.05, 0.1) is 7.11 Å². The van der Waals surface area contributed by atoms with E-state index in [4.69, 9.17) is 0 Å². The number of carbonyl (C=O) groups excluding carboxylic acids is 1. The molecular weight excluding hydrogens is 128 g/mol. The van der Waals surface area contributed by atoms with E-state index in [1.165, 1.54) is 7.11 Å². The molecule has 2 heteroatoms. The summed E-state index contributed by atoms with van der Waals surface area (Å²) in [5, 5.41) is 0. The second kappa shape index (κ2) is 1.72. The minimum Gasteiger partial charge on any atom is -0.466 e. The second-order valence-electron chi connectivity index (χ2n) is 2.60. The average molecular weight is 136 g/mol. The number of fused-ring (bicyclic) bond motifs is 1. The topological polar surface area (TPSA) is 26.3 Å². The van der Waals surface area contributed by atoms with Crippen LogP contribution in [0.5, 0.6) is 0 Å². The number of methoxy groups -OCH3 is 1. The molecule has 0 heterocycles. The summed E-state index contributed by atoms with van der Waals surface area (Å²) in [6, 6.07) is 0. The Kier molecular flexibility index (Phi) is 0.982. The van der Waals surface area contributed by atoms with Gasteiger partial charge < -0.3 is 4.74 Å². The zero-order valence-electron chi connectivity index (χ0n) is 5.70.